The summed E-state index contributed by atoms with van der Waals surface area (Å²) in [5.41, 5.74) is -0.630. The molecule has 8 nitrogen and oxygen atoms in total. The van der Waals surface area contributed by atoms with Gasteiger partial charge in [0, 0.05) is 24.3 Å². The van der Waals surface area contributed by atoms with Gasteiger partial charge in [0.1, 0.15) is 11.5 Å². The number of hydrogen-bond donors (Lipinski definition) is 1. The van der Waals surface area contributed by atoms with E-state index in [9.17, 15) is 4.79 Å². The van der Waals surface area contributed by atoms with E-state index in [4.69, 9.17) is 33.8 Å². The Balaban J connectivity index is 1.40. The second-order valence-corrected chi connectivity index (χ2v) is 9.96. The van der Waals surface area contributed by atoms with E-state index in [1.165, 1.54) is 6.92 Å². The van der Waals surface area contributed by atoms with E-state index in [0.717, 1.165) is 25.7 Å². The van der Waals surface area contributed by atoms with E-state index >= 15 is 0 Å². The summed E-state index contributed by atoms with van der Waals surface area (Å²) in [7, 11) is 0. The van der Waals surface area contributed by atoms with Gasteiger partial charge >= 0.3 is 5.97 Å². The van der Waals surface area contributed by atoms with Gasteiger partial charge < -0.3 is 24.1 Å². The van der Waals surface area contributed by atoms with Crippen LogP contribution in [0.5, 0.6) is 11.5 Å². The van der Waals surface area contributed by atoms with Gasteiger partial charge in [0.2, 0.25) is 12.1 Å². The van der Waals surface area contributed by atoms with Gasteiger partial charge in [-0.2, -0.15) is 0 Å². The molecule has 1 N–H and O–H groups in total. The largest absolute Gasteiger partial charge is 0.479 e. The van der Waals surface area contributed by atoms with E-state index in [1.807, 2.05) is 13.0 Å². The first-order chi connectivity index (χ1) is 15.2. The van der Waals surface area contributed by atoms with E-state index in [0.29, 0.717) is 23.3 Å². The Morgan fingerprint density at radius 2 is 1.94 bits per heavy atom. The molecule has 0 aromatic heterocycles. The lowest BCUT2D eigenvalue weighted by molar-refractivity contribution is -0.575. The highest BCUT2D eigenvalue weighted by atomic mass is 17.3. The van der Waals surface area contributed by atoms with Crippen molar-refractivity contribution in [1.29, 1.82) is 0 Å². The third kappa shape index (κ3) is 3.48. The summed E-state index contributed by atoms with van der Waals surface area (Å²) in [5, 5.41) is 9.10. The Morgan fingerprint density at radius 3 is 2.72 bits per heavy atom. The fraction of sp³-hybridized carbons (Fsp3) is 0.708. The summed E-state index contributed by atoms with van der Waals surface area (Å²) >= 11 is 0. The van der Waals surface area contributed by atoms with E-state index < -0.39 is 36.0 Å². The molecule has 32 heavy (non-hydrogen) atoms. The quantitative estimate of drug-likeness (QED) is 0.673. The molecule has 8 heteroatoms. The average molecular weight is 449 g/mol. The molecule has 1 spiro atoms. The zero-order valence-electron chi connectivity index (χ0n) is 19.0. The third-order valence-electron chi connectivity index (χ3n) is 7.82. The molecule has 0 amide bonds. The first-order valence-corrected chi connectivity index (χ1v) is 11.6. The molecule has 4 aliphatic heterocycles. The Morgan fingerprint density at radius 1 is 1.16 bits per heavy atom. The topological polar surface area (TPSA) is 92.7 Å². The molecule has 1 aliphatic carbocycles. The number of fused-ring (bicyclic) bond motifs is 2. The van der Waals surface area contributed by atoms with Crippen molar-refractivity contribution in [3.05, 3.63) is 24.3 Å². The molecule has 6 rings (SSSR count). The van der Waals surface area contributed by atoms with Crippen molar-refractivity contribution in [1.82, 2.24) is 0 Å². The molecule has 1 saturated carbocycles. The van der Waals surface area contributed by atoms with Crippen LogP contribution in [0.25, 0.3) is 0 Å². The van der Waals surface area contributed by atoms with Crippen LogP contribution in [0.4, 0.5) is 0 Å². The maximum atomic E-state index is 11.1. The second kappa shape index (κ2) is 7.87. The maximum absolute atomic E-state index is 11.1. The zero-order chi connectivity index (χ0) is 22.7. The molecule has 4 saturated heterocycles. The SMILES string of the molecule is CC(Oc1cccc(OC2O[C@@H]3O[C@]4(C)CC[C@H]5[C@H](C)CC[C@@H]([C@H]2C)[C@@]35OO4)c1)C(=O)O. The second-order valence-electron chi connectivity index (χ2n) is 9.96. The highest BCUT2D eigenvalue weighted by molar-refractivity contribution is 5.72. The van der Waals surface area contributed by atoms with Crippen LogP contribution in [-0.4, -0.2) is 41.1 Å². The molecule has 1 aromatic rings. The number of benzene rings is 1. The number of carboxylic acid groups (broad SMARTS) is 1. The first-order valence-electron chi connectivity index (χ1n) is 11.6. The third-order valence-corrected chi connectivity index (χ3v) is 7.82. The van der Waals surface area contributed by atoms with Crippen molar-refractivity contribution >= 4 is 5.97 Å². The van der Waals surface area contributed by atoms with Gasteiger partial charge in [-0.15, -0.1) is 0 Å². The Bertz CT molecular complexity index is 875. The minimum atomic E-state index is -1.02. The minimum Gasteiger partial charge on any atom is -0.479 e. The van der Waals surface area contributed by atoms with Crippen molar-refractivity contribution in [2.24, 2.45) is 23.7 Å². The number of hydrogen-bond acceptors (Lipinski definition) is 7. The summed E-state index contributed by atoms with van der Waals surface area (Å²) in [5.74, 6) is 0.133. The van der Waals surface area contributed by atoms with Gasteiger partial charge in [-0.3, -0.25) is 0 Å². The lowest BCUT2D eigenvalue weighted by Gasteiger charge is -2.60. The molecule has 9 atom stereocenters. The summed E-state index contributed by atoms with van der Waals surface area (Å²) in [4.78, 5) is 23.1. The highest BCUT2D eigenvalue weighted by Crippen LogP contribution is 2.60. The Labute approximate surface area is 188 Å². The molecular formula is C24H32O8. The number of rotatable bonds is 5. The van der Waals surface area contributed by atoms with Crippen molar-refractivity contribution in [2.45, 2.75) is 83.5 Å². The molecule has 5 fully saturated rings. The molecule has 1 aromatic carbocycles. The molecule has 4 heterocycles. The molecule has 2 unspecified atom stereocenters. The normalized spacial score (nSPS) is 43.6. The molecule has 2 bridgehead atoms. The lowest BCUT2D eigenvalue weighted by atomic mass is 9.58. The van der Waals surface area contributed by atoms with Crippen LogP contribution in [0.1, 0.15) is 53.4 Å². The highest BCUT2D eigenvalue weighted by Gasteiger charge is 2.69. The minimum absolute atomic E-state index is 0.0402. The van der Waals surface area contributed by atoms with Crippen molar-refractivity contribution < 1.29 is 38.6 Å². The summed E-state index contributed by atoms with van der Waals surface area (Å²) in [6.45, 7) is 7.80. The van der Waals surface area contributed by atoms with Crippen LogP contribution in [0.3, 0.4) is 0 Å². The van der Waals surface area contributed by atoms with Gasteiger partial charge in [0.25, 0.3) is 0 Å². The van der Waals surface area contributed by atoms with Gasteiger partial charge in [0.05, 0.1) is 0 Å². The maximum Gasteiger partial charge on any atom is 0.344 e. The zero-order valence-corrected chi connectivity index (χ0v) is 19.0. The summed E-state index contributed by atoms with van der Waals surface area (Å²) < 4.78 is 24.5. The number of aliphatic carboxylic acids is 1. The van der Waals surface area contributed by atoms with Crippen LogP contribution >= 0.6 is 0 Å². The van der Waals surface area contributed by atoms with Gasteiger partial charge in [-0.1, -0.05) is 19.9 Å². The fourth-order valence-corrected chi connectivity index (χ4v) is 6.02. The van der Waals surface area contributed by atoms with Crippen LogP contribution in [-0.2, 0) is 24.0 Å². The molecular weight excluding hydrogens is 416 g/mol. The first kappa shape index (κ1) is 21.9. The molecule has 5 aliphatic rings. The average Bonchev–Trinajstić information content (AvgIpc) is 2.98. The van der Waals surface area contributed by atoms with Crippen molar-refractivity contribution in [3.63, 3.8) is 0 Å². The fourth-order valence-electron chi connectivity index (χ4n) is 6.02. The van der Waals surface area contributed by atoms with Crippen LogP contribution < -0.4 is 9.47 Å². The number of ether oxygens (including phenoxy) is 4. The predicted octanol–water partition coefficient (Wildman–Crippen LogP) is 4.13. The number of carbonyl (C=O) groups is 1. The van der Waals surface area contributed by atoms with E-state index in [1.54, 1.807) is 18.2 Å². The van der Waals surface area contributed by atoms with Crippen molar-refractivity contribution in [3.8, 4) is 11.5 Å². The Kier molecular flexibility index (Phi) is 5.40. The van der Waals surface area contributed by atoms with Crippen LogP contribution in [0.15, 0.2) is 24.3 Å². The number of carboxylic acids is 1. The van der Waals surface area contributed by atoms with Gasteiger partial charge in [-0.05, 0) is 57.1 Å². The van der Waals surface area contributed by atoms with Gasteiger partial charge in [0.15, 0.2) is 18.0 Å². The summed E-state index contributed by atoms with van der Waals surface area (Å²) in [6, 6.07) is 6.98. The van der Waals surface area contributed by atoms with Gasteiger partial charge in [-0.25, -0.2) is 14.6 Å². The predicted molar refractivity (Wildman–Crippen MR) is 112 cm³/mol. The van der Waals surface area contributed by atoms with Crippen molar-refractivity contribution in [2.75, 3.05) is 0 Å². The lowest BCUT2D eigenvalue weighted by Crippen LogP contribution is -2.70. The van der Waals surface area contributed by atoms with E-state index in [2.05, 4.69) is 13.8 Å². The van der Waals surface area contributed by atoms with E-state index in [-0.39, 0.29) is 11.8 Å². The smallest absolute Gasteiger partial charge is 0.344 e. The molecule has 176 valence electrons. The summed E-state index contributed by atoms with van der Waals surface area (Å²) in [6.07, 6.45) is 1.78. The Hall–Kier alpha value is -1.87. The van der Waals surface area contributed by atoms with Crippen LogP contribution in [0, 0.1) is 23.7 Å². The standard InChI is InChI=1S/C24H32O8/c1-13-8-9-19-14(2)21(28-17-7-5-6-16(12-17)27-15(3)20(25)26)29-22-24(19)18(13)10-11-23(4,30-22)31-32-24/h5-7,12-15,18-19,21-22H,8-11H2,1-4H3,(H,25,26)/t13-,14-,15?,18+,19+,21?,22-,23+,24-/m1/s1. The monoisotopic (exact) mass is 448 g/mol. The van der Waals surface area contributed by atoms with Crippen LogP contribution in [0.2, 0.25) is 0 Å². The molecule has 0 radical (unpaired) electrons.